The van der Waals surface area contributed by atoms with Crippen LogP contribution in [0.1, 0.15) is 11.1 Å². The Labute approximate surface area is 99.1 Å². The van der Waals surface area contributed by atoms with Gasteiger partial charge in [0.2, 0.25) is 0 Å². The molecule has 3 heteroatoms. The fourth-order valence-electron chi connectivity index (χ4n) is 1.51. The van der Waals surface area contributed by atoms with Crippen molar-refractivity contribution in [1.29, 1.82) is 0 Å². The van der Waals surface area contributed by atoms with Crippen LogP contribution >= 0.6 is 0 Å². The van der Waals surface area contributed by atoms with Crippen molar-refractivity contribution < 1.29 is 9.90 Å². The van der Waals surface area contributed by atoms with Crippen LogP contribution in [0.4, 0.5) is 0 Å². The van der Waals surface area contributed by atoms with Crippen molar-refractivity contribution in [3.63, 3.8) is 0 Å². The monoisotopic (exact) mass is 225 g/mol. The van der Waals surface area contributed by atoms with Gasteiger partial charge in [-0.25, -0.2) is 4.79 Å². The van der Waals surface area contributed by atoms with Crippen molar-refractivity contribution in [2.75, 3.05) is 0 Å². The quantitative estimate of drug-likeness (QED) is 0.817. The van der Waals surface area contributed by atoms with Crippen molar-refractivity contribution >= 4 is 17.6 Å². The van der Waals surface area contributed by atoms with Gasteiger partial charge in [0.15, 0.2) is 0 Å². The summed E-state index contributed by atoms with van der Waals surface area (Å²) >= 11 is 0. The number of aliphatic carboxylic acids is 1. The summed E-state index contributed by atoms with van der Waals surface area (Å²) in [5.41, 5.74) is 1.72. The molecule has 0 saturated heterocycles. The Bertz CT molecular complexity index is 533. The summed E-state index contributed by atoms with van der Waals surface area (Å²) in [5.74, 6) is -0.944. The first kappa shape index (κ1) is 11.1. The van der Waals surface area contributed by atoms with Gasteiger partial charge in [-0.3, -0.25) is 4.98 Å². The number of carboxylic acids is 1. The summed E-state index contributed by atoms with van der Waals surface area (Å²) in [6, 6.07) is 12.6. The first-order valence-corrected chi connectivity index (χ1v) is 5.18. The fourth-order valence-corrected chi connectivity index (χ4v) is 1.51. The van der Waals surface area contributed by atoms with Gasteiger partial charge in [-0.1, -0.05) is 36.4 Å². The molecule has 0 bridgehead atoms. The molecule has 84 valence electrons. The zero-order valence-electron chi connectivity index (χ0n) is 9.08. The number of hydrogen-bond acceptors (Lipinski definition) is 2. The van der Waals surface area contributed by atoms with E-state index >= 15 is 0 Å². The smallest absolute Gasteiger partial charge is 0.336 e. The van der Waals surface area contributed by atoms with Crippen molar-refractivity contribution in [3.05, 3.63) is 66.0 Å². The van der Waals surface area contributed by atoms with Crippen LogP contribution in [0.15, 0.2) is 54.9 Å². The number of hydrogen-bond donors (Lipinski definition) is 1. The molecular formula is C14H11NO2. The minimum absolute atomic E-state index is 0.263. The van der Waals surface area contributed by atoms with Gasteiger partial charge < -0.3 is 5.11 Å². The number of aromatic nitrogens is 1. The number of carboxylic acid groups (broad SMARTS) is 1. The molecule has 0 aliphatic heterocycles. The lowest BCUT2D eigenvalue weighted by Crippen LogP contribution is -1.99. The van der Waals surface area contributed by atoms with E-state index in [1.54, 1.807) is 36.7 Å². The molecule has 1 heterocycles. The van der Waals surface area contributed by atoms with Gasteiger partial charge in [0, 0.05) is 12.4 Å². The average Bonchev–Trinajstić information content (AvgIpc) is 2.38. The Hall–Kier alpha value is -2.42. The molecule has 0 spiro atoms. The van der Waals surface area contributed by atoms with Crippen LogP contribution in [0.5, 0.6) is 0 Å². The third kappa shape index (κ3) is 2.78. The summed E-state index contributed by atoms with van der Waals surface area (Å²) in [5, 5.41) is 9.20. The normalized spacial score (nSPS) is 11.2. The van der Waals surface area contributed by atoms with Crippen molar-refractivity contribution in [2.45, 2.75) is 0 Å². The van der Waals surface area contributed by atoms with E-state index in [9.17, 15) is 9.90 Å². The molecule has 0 aliphatic carbocycles. The van der Waals surface area contributed by atoms with Gasteiger partial charge in [-0.15, -0.1) is 0 Å². The van der Waals surface area contributed by atoms with Crippen LogP contribution < -0.4 is 0 Å². The van der Waals surface area contributed by atoms with Crippen LogP contribution in [-0.4, -0.2) is 16.1 Å². The zero-order chi connectivity index (χ0) is 12.1. The highest BCUT2D eigenvalue weighted by atomic mass is 16.4. The van der Waals surface area contributed by atoms with E-state index in [0.29, 0.717) is 5.56 Å². The second-order valence-corrected chi connectivity index (χ2v) is 3.52. The molecule has 0 fully saturated rings. The maximum Gasteiger partial charge on any atom is 0.336 e. The summed E-state index contributed by atoms with van der Waals surface area (Å²) in [4.78, 5) is 15.2. The standard InChI is InChI=1S/C14H11NO2/c16-14(17)13(12-6-2-1-3-7-12)9-11-5-4-8-15-10-11/h1-10H,(H,16,17)/b13-9+. The predicted molar refractivity (Wildman–Crippen MR) is 66.2 cm³/mol. The lowest BCUT2D eigenvalue weighted by molar-refractivity contribution is -0.130. The Kier molecular flexibility index (Phi) is 3.31. The Morgan fingerprint density at radius 1 is 1.12 bits per heavy atom. The van der Waals surface area contributed by atoms with Crippen LogP contribution in [0, 0.1) is 0 Å². The summed E-state index contributed by atoms with van der Waals surface area (Å²) in [6.45, 7) is 0. The first-order valence-electron chi connectivity index (χ1n) is 5.18. The molecule has 0 aliphatic rings. The molecule has 1 aromatic heterocycles. The van der Waals surface area contributed by atoms with Gasteiger partial charge in [-0.05, 0) is 23.3 Å². The van der Waals surface area contributed by atoms with Crippen LogP contribution in [-0.2, 0) is 4.79 Å². The number of rotatable bonds is 3. The molecule has 1 N–H and O–H groups in total. The van der Waals surface area contributed by atoms with Crippen molar-refractivity contribution in [2.24, 2.45) is 0 Å². The number of pyridine rings is 1. The third-order valence-electron chi connectivity index (χ3n) is 2.31. The minimum atomic E-state index is -0.944. The highest BCUT2D eigenvalue weighted by Gasteiger charge is 2.09. The largest absolute Gasteiger partial charge is 0.478 e. The number of benzene rings is 1. The Morgan fingerprint density at radius 3 is 2.47 bits per heavy atom. The highest BCUT2D eigenvalue weighted by molar-refractivity contribution is 6.20. The number of carbonyl (C=O) groups is 1. The van der Waals surface area contributed by atoms with Gasteiger partial charge in [0.1, 0.15) is 0 Å². The number of nitrogens with zero attached hydrogens (tertiary/aromatic N) is 1. The molecule has 0 amide bonds. The summed E-state index contributed by atoms with van der Waals surface area (Å²) < 4.78 is 0. The molecule has 1 aromatic carbocycles. The molecule has 0 unspecified atom stereocenters. The maximum atomic E-state index is 11.2. The second-order valence-electron chi connectivity index (χ2n) is 3.52. The summed E-state index contributed by atoms with van der Waals surface area (Å²) in [7, 11) is 0. The topological polar surface area (TPSA) is 50.2 Å². The van der Waals surface area contributed by atoms with Gasteiger partial charge in [0.25, 0.3) is 0 Å². The second kappa shape index (κ2) is 5.07. The Balaban J connectivity index is 2.44. The zero-order valence-corrected chi connectivity index (χ0v) is 9.08. The van der Waals surface area contributed by atoms with E-state index < -0.39 is 5.97 Å². The van der Waals surface area contributed by atoms with Crippen molar-refractivity contribution in [1.82, 2.24) is 4.98 Å². The van der Waals surface area contributed by atoms with Gasteiger partial charge in [0.05, 0.1) is 5.57 Å². The average molecular weight is 225 g/mol. The van der Waals surface area contributed by atoms with E-state index in [1.165, 1.54) is 0 Å². The summed E-state index contributed by atoms with van der Waals surface area (Å²) in [6.07, 6.45) is 4.90. The van der Waals surface area contributed by atoms with E-state index in [0.717, 1.165) is 5.56 Å². The van der Waals surface area contributed by atoms with E-state index in [2.05, 4.69) is 4.98 Å². The molecule has 2 aromatic rings. The highest BCUT2D eigenvalue weighted by Crippen LogP contribution is 2.17. The molecule has 2 rings (SSSR count). The molecular weight excluding hydrogens is 214 g/mol. The van der Waals surface area contributed by atoms with E-state index in [4.69, 9.17) is 0 Å². The first-order chi connectivity index (χ1) is 8.27. The molecule has 0 radical (unpaired) electrons. The van der Waals surface area contributed by atoms with Crippen LogP contribution in [0.3, 0.4) is 0 Å². The molecule has 3 nitrogen and oxygen atoms in total. The van der Waals surface area contributed by atoms with Crippen LogP contribution in [0.2, 0.25) is 0 Å². The lowest BCUT2D eigenvalue weighted by Gasteiger charge is -2.02. The van der Waals surface area contributed by atoms with Crippen molar-refractivity contribution in [3.8, 4) is 0 Å². The van der Waals surface area contributed by atoms with Crippen LogP contribution in [0.25, 0.3) is 11.6 Å². The molecule has 17 heavy (non-hydrogen) atoms. The molecule has 0 saturated carbocycles. The lowest BCUT2D eigenvalue weighted by atomic mass is 10.0. The minimum Gasteiger partial charge on any atom is -0.478 e. The van der Waals surface area contributed by atoms with E-state index in [-0.39, 0.29) is 5.57 Å². The molecule has 0 atom stereocenters. The SMILES string of the molecule is O=C(O)/C(=C/c1cccnc1)c1ccccc1. The van der Waals surface area contributed by atoms with E-state index in [1.807, 2.05) is 24.3 Å². The predicted octanol–water partition coefficient (Wildman–Crippen LogP) is 2.71. The Morgan fingerprint density at radius 2 is 1.88 bits per heavy atom. The van der Waals surface area contributed by atoms with Gasteiger partial charge in [-0.2, -0.15) is 0 Å². The third-order valence-corrected chi connectivity index (χ3v) is 2.31. The fraction of sp³-hybridized carbons (Fsp3) is 0. The van der Waals surface area contributed by atoms with Gasteiger partial charge >= 0.3 is 5.97 Å². The maximum absolute atomic E-state index is 11.2.